The third kappa shape index (κ3) is 15.4. The molecular weight excluding hydrogens is 513 g/mol. The molecule has 0 aliphatic heterocycles. The average molecular weight is 537 g/mol. The summed E-state index contributed by atoms with van der Waals surface area (Å²) in [6.45, 7) is 4.98. The molecule has 2 amide bonds. The Labute approximate surface area is 200 Å². The molecule has 0 rings (SSSR count). The maximum Gasteiger partial charge on any atom is 0.408 e. The fourth-order valence-corrected chi connectivity index (χ4v) is 2.65. The van der Waals surface area contributed by atoms with Gasteiger partial charge in [0.1, 0.15) is 17.7 Å². The maximum atomic E-state index is 12.7. The molecule has 0 fully saturated rings. The van der Waals surface area contributed by atoms with Crippen molar-refractivity contribution in [1.29, 1.82) is 0 Å². The Morgan fingerprint density at radius 3 is 1.66 bits per heavy atom. The first-order valence-electron chi connectivity index (χ1n) is 8.45. The van der Waals surface area contributed by atoms with Crippen molar-refractivity contribution in [3.63, 3.8) is 0 Å². The number of nitrogens with one attached hydrogen (secondary N) is 2. The van der Waals surface area contributed by atoms with Gasteiger partial charge in [-0.05, 0) is 46.5 Å². The van der Waals surface area contributed by atoms with Crippen molar-refractivity contribution >= 4 is 87.6 Å². The Kier molecular flexibility index (Phi) is 12.1. The Hall–Kier alpha value is -0.0500. The van der Waals surface area contributed by atoms with Crippen molar-refractivity contribution in [2.75, 3.05) is 7.11 Å². The normalized spacial score (nSPS) is 14.6. The molecule has 13 heteroatoms. The topological polar surface area (TPSA) is 93.7 Å². The van der Waals surface area contributed by atoms with Gasteiger partial charge in [-0.2, -0.15) is 0 Å². The largest absolute Gasteiger partial charge is 0.467 e. The van der Waals surface area contributed by atoms with Crippen molar-refractivity contribution in [2.24, 2.45) is 0 Å². The Bertz CT molecular complexity index is 572. The van der Waals surface area contributed by atoms with Gasteiger partial charge < -0.3 is 20.1 Å². The second kappa shape index (κ2) is 12.1. The number of amides is 2. The Balaban J connectivity index is 5.29. The van der Waals surface area contributed by atoms with E-state index in [1.165, 1.54) is 0 Å². The first kappa shape index (κ1) is 28.9. The van der Waals surface area contributed by atoms with Gasteiger partial charge in [0, 0.05) is 0 Å². The van der Waals surface area contributed by atoms with E-state index in [9.17, 15) is 14.4 Å². The average Bonchev–Trinajstić information content (AvgIpc) is 2.50. The lowest BCUT2D eigenvalue weighted by Gasteiger charge is -2.26. The molecule has 0 radical (unpaired) electrons. The van der Waals surface area contributed by atoms with Crippen LogP contribution in [0.15, 0.2) is 0 Å². The van der Waals surface area contributed by atoms with E-state index in [1.807, 2.05) is 0 Å². The highest BCUT2D eigenvalue weighted by Crippen LogP contribution is 2.33. The highest BCUT2D eigenvalue weighted by atomic mass is 35.6. The Morgan fingerprint density at radius 1 is 0.828 bits per heavy atom. The number of alkyl carbamates (subject to hydrolysis) is 1. The first-order valence-corrected chi connectivity index (χ1v) is 10.7. The van der Waals surface area contributed by atoms with Gasteiger partial charge in [-0.15, -0.1) is 0 Å². The van der Waals surface area contributed by atoms with Crippen molar-refractivity contribution in [2.45, 2.75) is 71.7 Å². The molecule has 0 bridgehead atoms. The molecule has 0 aromatic carbocycles. The minimum Gasteiger partial charge on any atom is -0.467 e. The van der Waals surface area contributed by atoms with E-state index in [0.29, 0.717) is 0 Å². The van der Waals surface area contributed by atoms with Crippen LogP contribution in [0.5, 0.6) is 0 Å². The predicted octanol–water partition coefficient (Wildman–Crippen LogP) is 4.84. The van der Waals surface area contributed by atoms with Crippen molar-refractivity contribution in [1.82, 2.24) is 10.6 Å². The molecule has 7 nitrogen and oxygen atoms in total. The minimum absolute atomic E-state index is 0.0154. The molecule has 0 aliphatic rings. The summed E-state index contributed by atoms with van der Waals surface area (Å²) in [5.74, 6) is -1.46. The standard InChI is InChI=1S/C16H24Cl6N2O5/c1-14(2,3)29-13(27)24-9(5-7-15(17,18)19)11(25)23-10(12(26)28-4)6-8-16(20,21)22/h9-10H,5-8H2,1-4H3,(H,23,25)(H,24,27)/t9-,10+/m1/s1. The van der Waals surface area contributed by atoms with E-state index in [1.54, 1.807) is 20.8 Å². The van der Waals surface area contributed by atoms with Crippen LogP contribution in [0.25, 0.3) is 0 Å². The fraction of sp³-hybridized carbons (Fsp3) is 0.812. The van der Waals surface area contributed by atoms with Gasteiger partial charge >= 0.3 is 12.1 Å². The highest BCUT2D eigenvalue weighted by molar-refractivity contribution is 6.67. The summed E-state index contributed by atoms with van der Waals surface area (Å²) in [4.78, 5) is 36.7. The zero-order valence-electron chi connectivity index (χ0n) is 16.3. The molecule has 0 aromatic rings. The minimum atomic E-state index is -1.65. The number of halogens is 6. The lowest BCUT2D eigenvalue weighted by Crippen LogP contribution is -2.52. The van der Waals surface area contributed by atoms with Gasteiger partial charge in [-0.1, -0.05) is 69.6 Å². The van der Waals surface area contributed by atoms with Crippen LogP contribution in [0.3, 0.4) is 0 Å². The number of alkyl halides is 6. The molecular formula is C16H24Cl6N2O5. The van der Waals surface area contributed by atoms with E-state index < -0.39 is 43.2 Å². The lowest BCUT2D eigenvalue weighted by atomic mass is 10.1. The molecule has 170 valence electrons. The summed E-state index contributed by atoms with van der Waals surface area (Å²) >= 11 is 34.3. The van der Waals surface area contributed by atoms with Crippen LogP contribution in [-0.2, 0) is 19.1 Å². The third-order valence-corrected chi connectivity index (χ3v) is 4.38. The SMILES string of the molecule is COC(=O)[C@H](CCC(Cl)(Cl)Cl)NC(=O)[C@@H](CCC(Cl)(Cl)Cl)NC(=O)OC(C)(C)C. The van der Waals surface area contributed by atoms with Gasteiger partial charge in [0.2, 0.25) is 5.91 Å². The summed E-state index contributed by atoms with van der Waals surface area (Å²) in [5.41, 5.74) is -0.792. The number of carbonyl (C=O) groups excluding carboxylic acids is 3. The van der Waals surface area contributed by atoms with Crippen LogP contribution in [0.4, 0.5) is 4.79 Å². The molecule has 0 spiro atoms. The van der Waals surface area contributed by atoms with Gasteiger partial charge in [-0.25, -0.2) is 9.59 Å². The predicted molar refractivity (Wildman–Crippen MR) is 116 cm³/mol. The molecule has 0 unspecified atom stereocenters. The maximum absolute atomic E-state index is 12.7. The van der Waals surface area contributed by atoms with E-state index in [0.717, 1.165) is 7.11 Å². The van der Waals surface area contributed by atoms with Crippen LogP contribution in [0.1, 0.15) is 46.5 Å². The zero-order chi connectivity index (χ0) is 23.0. The van der Waals surface area contributed by atoms with Crippen molar-refractivity contribution in [3.8, 4) is 0 Å². The molecule has 0 aromatic heterocycles. The monoisotopic (exact) mass is 534 g/mol. The second-order valence-corrected chi connectivity index (χ2v) is 12.1. The van der Waals surface area contributed by atoms with Crippen LogP contribution < -0.4 is 10.6 Å². The number of carbonyl (C=O) groups is 3. The Morgan fingerprint density at radius 2 is 1.28 bits per heavy atom. The molecule has 0 saturated carbocycles. The number of rotatable bonds is 8. The van der Waals surface area contributed by atoms with Crippen LogP contribution in [0, 0.1) is 0 Å². The summed E-state index contributed by atoms with van der Waals surface area (Å²) in [6, 6.07) is -2.26. The van der Waals surface area contributed by atoms with Crippen LogP contribution in [-0.4, -0.2) is 50.3 Å². The smallest absolute Gasteiger partial charge is 0.408 e. The molecule has 0 aliphatic carbocycles. The quantitative estimate of drug-likeness (QED) is 0.342. The van der Waals surface area contributed by atoms with Gasteiger partial charge in [-0.3, -0.25) is 4.79 Å². The first-order chi connectivity index (χ1) is 12.9. The van der Waals surface area contributed by atoms with E-state index in [2.05, 4.69) is 15.4 Å². The van der Waals surface area contributed by atoms with Crippen molar-refractivity contribution < 1.29 is 23.9 Å². The van der Waals surface area contributed by atoms with E-state index >= 15 is 0 Å². The summed E-state index contributed by atoms with van der Waals surface area (Å²) < 4.78 is 6.53. The fourth-order valence-electron chi connectivity index (χ4n) is 2.00. The third-order valence-electron chi connectivity index (χ3n) is 3.24. The van der Waals surface area contributed by atoms with Crippen LogP contribution >= 0.6 is 69.6 Å². The number of methoxy groups -OCH3 is 1. The molecule has 2 N–H and O–H groups in total. The summed E-state index contributed by atoms with van der Waals surface area (Å²) in [6.07, 6.45) is -0.991. The van der Waals surface area contributed by atoms with E-state index in [-0.39, 0.29) is 25.7 Å². The number of hydrogen-bond donors (Lipinski definition) is 2. The highest BCUT2D eigenvalue weighted by Gasteiger charge is 2.32. The van der Waals surface area contributed by atoms with Crippen LogP contribution in [0.2, 0.25) is 0 Å². The molecule has 0 saturated heterocycles. The lowest BCUT2D eigenvalue weighted by molar-refractivity contribution is -0.145. The van der Waals surface area contributed by atoms with Crippen molar-refractivity contribution in [3.05, 3.63) is 0 Å². The second-order valence-electron chi connectivity index (χ2n) is 7.09. The zero-order valence-corrected chi connectivity index (χ0v) is 20.8. The van der Waals surface area contributed by atoms with Gasteiger partial charge in [0.15, 0.2) is 7.59 Å². The molecule has 0 heterocycles. The number of hydrogen-bond acceptors (Lipinski definition) is 5. The number of esters is 1. The van der Waals surface area contributed by atoms with Gasteiger partial charge in [0.25, 0.3) is 0 Å². The molecule has 29 heavy (non-hydrogen) atoms. The van der Waals surface area contributed by atoms with E-state index in [4.69, 9.17) is 74.3 Å². The summed E-state index contributed by atoms with van der Waals surface area (Å²) in [5, 5.41) is 4.86. The van der Waals surface area contributed by atoms with Gasteiger partial charge in [0.05, 0.1) is 7.11 Å². The number of ether oxygens (including phenoxy) is 2. The molecule has 2 atom stereocenters. The summed E-state index contributed by atoms with van der Waals surface area (Å²) in [7, 11) is 1.15.